The Morgan fingerprint density at radius 2 is 2.21 bits per heavy atom. The molecule has 0 unspecified atom stereocenters. The zero-order chi connectivity index (χ0) is 13.0. The van der Waals surface area contributed by atoms with E-state index in [4.69, 9.17) is 4.74 Å². The zero-order valence-electron chi connectivity index (χ0n) is 11.4. The van der Waals surface area contributed by atoms with Crippen molar-refractivity contribution >= 4 is 18.3 Å². The molecule has 1 saturated heterocycles. The Morgan fingerprint density at radius 3 is 2.89 bits per heavy atom. The van der Waals surface area contributed by atoms with Gasteiger partial charge in [0.05, 0.1) is 13.5 Å². The van der Waals surface area contributed by atoms with Crippen molar-refractivity contribution in [1.82, 2.24) is 10.2 Å². The summed E-state index contributed by atoms with van der Waals surface area (Å²) in [6.45, 7) is 4.61. The Labute approximate surface area is 120 Å². The molecule has 0 radical (unpaired) electrons. The molecule has 1 aliphatic rings. The summed E-state index contributed by atoms with van der Waals surface area (Å²) < 4.78 is 5.28. The molecule has 5 heteroatoms. The summed E-state index contributed by atoms with van der Waals surface area (Å²) in [5.41, 5.74) is 0.954. The maximum atomic E-state index is 12.3. The number of carbonyl (C=O) groups excluding carboxylic acids is 1. The predicted molar refractivity (Wildman–Crippen MR) is 78.0 cm³/mol. The summed E-state index contributed by atoms with van der Waals surface area (Å²) in [6, 6.07) is 7.96. The number of para-hydroxylation sites is 1. The highest BCUT2D eigenvalue weighted by Crippen LogP contribution is 2.19. The zero-order valence-corrected chi connectivity index (χ0v) is 12.2. The molecule has 0 aromatic heterocycles. The average molecular weight is 285 g/mol. The van der Waals surface area contributed by atoms with E-state index in [9.17, 15) is 4.79 Å². The van der Waals surface area contributed by atoms with Crippen molar-refractivity contribution in [2.45, 2.75) is 19.4 Å². The number of methoxy groups -OCH3 is 1. The fourth-order valence-electron chi connectivity index (χ4n) is 2.33. The van der Waals surface area contributed by atoms with E-state index in [2.05, 4.69) is 12.2 Å². The lowest BCUT2D eigenvalue weighted by Gasteiger charge is -2.34. The molecule has 0 aliphatic carbocycles. The van der Waals surface area contributed by atoms with Crippen LogP contribution in [0.15, 0.2) is 24.3 Å². The lowest BCUT2D eigenvalue weighted by Crippen LogP contribution is -2.52. The van der Waals surface area contributed by atoms with E-state index in [1.54, 1.807) is 7.11 Å². The molecule has 19 heavy (non-hydrogen) atoms. The van der Waals surface area contributed by atoms with Crippen LogP contribution >= 0.6 is 12.4 Å². The second-order valence-corrected chi connectivity index (χ2v) is 4.63. The first kappa shape index (κ1) is 15.8. The molecule has 106 valence electrons. The van der Waals surface area contributed by atoms with Gasteiger partial charge >= 0.3 is 0 Å². The maximum Gasteiger partial charge on any atom is 0.227 e. The number of nitrogens with one attached hydrogen (secondary N) is 1. The molecule has 1 fully saturated rings. The minimum absolute atomic E-state index is 0. The SMILES string of the molecule is COc1ccccc1CC(=O)N1CCNC[C@@H]1C.Cl. The van der Waals surface area contributed by atoms with Gasteiger partial charge in [0.15, 0.2) is 0 Å². The third-order valence-corrected chi connectivity index (χ3v) is 3.36. The summed E-state index contributed by atoms with van der Waals surface area (Å²) in [6.07, 6.45) is 0.411. The summed E-state index contributed by atoms with van der Waals surface area (Å²) in [4.78, 5) is 14.2. The molecular formula is C14H21ClN2O2. The Bertz CT molecular complexity index is 426. The summed E-state index contributed by atoms with van der Waals surface area (Å²) in [5, 5.41) is 3.29. The molecule has 4 nitrogen and oxygen atoms in total. The number of ether oxygens (including phenoxy) is 1. The molecule has 2 rings (SSSR count). The summed E-state index contributed by atoms with van der Waals surface area (Å²) >= 11 is 0. The second kappa shape index (κ2) is 7.36. The van der Waals surface area contributed by atoms with E-state index in [0.717, 1.165) is 30.9 Å². The van der Waals surface area contributed by atoms with Gasteiger partial charge < -0.3 is 15.0 Å². The minimum Gasteiger partial charge on any atom is -0.496 e. The first-order valence-electron chi connectivity index (χ1n) is 6.34. The molecule has 0 bridgehead atoms. The van der Waals surface area contributed by atoms with Crippen molar-refractivity contribution in [1.29, 1.82) is 0 Å². The Hall–Kier alpha value is -1.26. The number of amides is 1. The Kier molecular flexibility index (Phi) is 6.12. The summed E-state index contributed by atoms with van der Waals surface area (Å²) in [7, 11) is 1.64. The normalized spacial score (nSPS) is 18.6. The average Bonchev–Trinajstić information content (AvgIpc) is 2.39. The van der Waals surface area contributed by atoms with Crippen LogP contribution in [0.1, 0.15) is 12.5 Å². The van der Waals surface area contributed by atoms with Crippen LogP contribution in [0.3, 0.4) is 0 Å². The third-order valence-electron chi connectivity index (χ3n) is 3.36. The van der Waals surface area contributed by atoms with Gasteiger partial charge in [-0.1, -0.05) is 18.2 Å². The van der Waals surface area contributed by atoms with Gasteiger partial charge in [0, 0.05) is 31.2 Å². The van der Waals surface area contributed by atoms with Crippen LogP contribution in [0.2, 0.25) is 0 Å². The highest BCUT2D eigenvalue weighted by molar-refractivity contribution is 5.85. The van der Waals surface area contributed by atoms with E-state index < -0.39 is 0 Å². The number of benzene rings is 1. The molecular weight excluding hydrogens is 264 g/mol. The quantitative estimate of drug-likeness (QED) is 0.914. The number of hydrogen-bond donors (Lipinski definition) is 1. The fraction of sp³-hybridized carbons (Fsp3) is 0.500. The molecule has 1 heterocycles. The first-order valence-corrected chi connectivity index (χ1v) is 6.34. The molecule has 1 N–H and O–H groups in total. The van der Waals surface area contributed by atoms with E-state index in [1.165, 1.54) is 0 Å². The van der Waals surface area contributed by atoms with Crippen LogP contribution in [0.5, 0.6) is 5.75 Å². The van der Waals surface area contributed by atoms with Gasteiger partial charge in [0.1, 0.15) is 5.75 Å². The number of piperazine rings is 1. The molecule has 1 aromatic carbocycles. The molecule has 1 amide bonds. The topological polar surface area (TPSA) is 41.6 Å². The smallest absolute Gasteiger partial charge is 0.227 e. The van der Waals surface area contributed by atoms with Crippen molar-refractivity contribution in [2.24, 2.45) is 0 Å². The van der Waals surface area contributed by atoms with Crippen molar-refractivity contribution in [2.75, 3.05) is 26.7 Å². The van der Waals surface area contributed by atoms with Crippen LogP contribution in [0.4, 0.5) is 0 Å². The molecule has 0 saturated carbocycles. The van der Waals surface area contributed by atoms with E-state index >= 15 is 0 Å². The number of halogens is 1. The monoisotopic (exact) mass is 284 g/mol. The number of nitrogens with zero attached hydrogens (tertiary/aromatic N) is 1. The fourth-order valence-corrected chi connectivity index (χ4v) is 2.33. The summed E-state index contributed by atoms with van der Waals surface area (Å²) in [5.74, 6) is 0.960. The van der Waals surface area contributed by atoms with Gasteiger partial charge in [-0.15, -0.1) is 12.4 Å². The highest BCUT2D eigenvalue weighted by atomic mass is 35.5. The lowest BCUT2D eigenvalue weighted by atomic mass is 10.1. The van der Waals surface area contributed by atoms with Crippen molar-refractivity contribution < 1.29 is 9.53 Å². The predicted octanol–water partition coefficient (Wildman–Crippen LogP) is 1.48. The van der Waals surface area contributed by atoms with Crippen LogP contribution < -0.4 is 10.1 Å². The standard InChI is InChI=1S/C14H20N2O2.ClH/c1-11-10-15-7-8-16(11)14(17)9-12-5-3-4-6-13(12)18-2;/h3-6,11,15H,7-10H2,1-2H3;1H/t11-;/m0./s1. The maximum absolute atomic E-state index is 12.3. The van der Waals surface area contributed by atoms with Crippen LogP contribution in [-0.4, -0.2) is 43.6 Å². The Morgan fingerprint density at radius 1 is 1.47 bits per heavy atom. The molecule has 1 aromatic rings. The van der Waals surface area contributed by atoms with Crippen molar-refractivity contribution in [3.05, 3.63) is 29.8 Å². The third kappa shape index (κ3) is 3.85. The van der Waals surface area contributed by atoms with Crippen LogP contribution in [-0.2, 0) is 11.2 Å². The van der Waals surface area contributed by atoms with Gasteiger partial charge in [-0.2, -0.15) is 0 Å². The van der Waals surface area contributed by atoms with Gasteiger partial charge in [-0.25, -0.2) is 0 Å². The van der Waals surface area contributed by atoms with Gasteiger partial charge in [0.25, 0.3) is 0 Å². The highest BCUT2D eigenvalue weighted by Gasteiger charge is 2.23. The largest absolute Gasteiger partial charge is 0.496 e. The van der Waals surface area contributed by atoms with Crippen LogP contribution in [0, 0.1) is 0 Å². The molecule has 1 atom stereocenters. The lowest BCUT2D eigenvalue weighted by molar-refractivity contribution is -0.133. The van der Waals surface area contributed by atoms with Gasteiger partial charge in [0.2, 0.25) is 5.91 Å². The van der Waals surface area contributed by atoms with Gasteiger partial charge in [-0.3, -0.25) is 4.79 Å². The molecule has 0 spiro atoms. The van der Waals surface area contributed by atoms with E-state index in [1.807, 2.05) is 29.2 Å². The van der Waals surface area contributed by atoms with E-state index in [-0.39, 0.29) is 24.4 Å². The number of rotatable bonds is 3. The van der Waals surface area contributed by atoms with Crippen LogP contribution in [0.25, 0.3) is 0 Å². The molecule has 1 aliphatic heterocycles. The minimum atomic E-state index is 0. The number of hydrogen-bond acceptors (Lipinski definition) is 3. The van der Waals surface area contributed by atoms with Crippen molar-refractivity contribution in [3.63, 3.8) is 0 Å². The van der Waals surface area contributed by atoms with E-state index in [0.29, 0.717) is 6.42 Å². The Balaban J connectivity index is 0.00000180. The van der Waals surface area contributed by atoms with Crippen molar-refractivity contribution in [3.8, 4) is 5.75 Å². The first-order chi connectivity index (χ1) is 8.72. The van der Waals surface area contributed by atoms with Gasteiger partial charge in [-0.05, 0) is 13.0 Å². The second-order valence-electron chi connectivity index (χ2n) is 4.63. The number of carbonyl (C=O) groups is 1.